The molecule has 0 aromatic carbocycles. The lowest BCUT2D eigenvalue weighted by atomic mass is 9.98. The molecule has 12 heavy (non-hydrogen) atoms. The second-order valence-corrected chi connectivity index (χ2v) is 6.20. The molecule has 0 bridgehead atoms. The van der Waals surface area contributed by atoms with Crippen LogP contribution in [0.1, 0.15) is 33.1 Å². The van der Waals surface area contributed by atoms with Crippen molar-refractivity contribution < 1.29 is 4.74 Å². The van der Waals surface area contributed by atoms with Crippen molar-refractivity contribution in [3.8, 4) is 0 Å². The number of ether oxygens (including phenoxy) is 1. The summed E-state index contributed by atoms with van der Waals surface area (Å²) in [5.41, 5.74) is 2.13. The predicted octanol–water partition coefficient (Wildman–Crippen LogP) is 1.85. The van der Waals surface area contributed by atoms with Crippen LogP contribution < -0.4 is 0 Å². The van der Waals surface area contributed by atoms with Crippen LogP contribution in [0.25, 0.3) is 0 Å². The monoisotopic (exact) mass is 184 g/mol. The molecule has 0 aromatic rings. The number of hydrogen-bond donors (Lipinski definition) is 0. The molecule has 1 saturated heterocycles. The van der Waals surface area contributed by atoms with Crippen molar-refractivity contribution in [3.05, 3.63) is 12.3 Å². The van der Waals surface area contributed by atoms with Crippen LogP contribution >= 0.6 is 0 Å². The molecule has 1 heterocycles. The highest BCUT2D eigenvalue weighted by Gasteiger charge is 2.35. The summed E-state index contributed by atoms with van der Waals surface area (Å²) in [7, 11) is -0.237. The highest BCUT2D eigenvalue weighted by Crippen LogP contribution is 2.31. The lowest BCUT2D eigenvalue weighted by Gasteiger charge is -2.40. The normalized spacial score (nSPS) is 31.6. The number of hydrogen-bond acceptors (Lipinski definition) is 1. The highest BCUT2D eigenvalue weighted by molar-refractivity contribution is 6.45. The summed E-state index contributed by atoms with van der Waals surface area (Å²) in [6, 6.07) is 0. The van der Waals surface area contributed by atoms with Gasteiger partial charge in [-0.25, -0.2) is 0 Å². The Labute approximate surface area is 78.0 Å². The summed E-state index contributed by atoms with van der Waals surface area (Å²) < 4.78 is 5.96. The van der Waals surface area contributed by atoms with Gasteiger partial charge in [-0.1, -0.05) is 13.8 Å². The van der Waals surface area contributed by atoms with Crippen LogP contribution in [0.15, 0.2) is 12.3 Å². The minimum Gasteiger partial charge on any atom is -0.379 e. The summed E-state index contributed by atoms with van der Waals surface area (Å²) in [5, 5.41) is 0.250. The molecule has 2 heteroatoms. The van der Waals surface area contributed by atoms with Crippen LogP contribution in [-0.2, 0) is 4.74 Å². The van der Waals surface area contributed by atoms with Crippen LogP contribution in [0.5, 0.6) is 0 Å². The van der Waals surface area contributed by atoms with Gasteiger partial charge in [0.15, 0.2) is 0 Å². The molecule has 1 aliphatic rings. The van der Waals surface area contributed by atoms with Crippen LogP contribution in [0.3, 0.4) is 0 Å². The standard InChI is InChI=1S/C10H20OSi/c1-4-12-10(9(2)3)7-5-6-8-11-10/h4,9H,1,5-8,12H2,2-3H3. The van der Waals surface area contributed by atoms with Gasteiger partial charge in [-0.15, -0.1) is 12.3 Å². The topological polar surface area (TPSA) is 9.23 Å². The van der Waals surface area contributed by atoms with E-state index in [2.05, 4.69) is 26.1 Å². The van der Waals surface area contributed by atoms with Crippen LogP contribution in [0.2, 0.25) is 0 Å². The lowest BCUT2D eigenvalue weighted by Crippen LogP contribution is -2.46. The lowest BCUT2D eigenvalue weighted by molar-refractivity contribution is -0.0483. The summed E-state index contributed by atoms with van der Waals surface area (Å²) >= 11 is 0. The third kappa shape index (κ3) is 1.99. The Bertz CT molecular complexity index is 148. The molecule has 0 radical (unpaired) electrons. The summed E-state index contributed by atoms with van der Waals surface area (Å²) in [6.07, 6.45) is 3.86. The van der Waals surface area contributed by atoms with Gasteiger partial charge >= 0.3 is 0 Å². The molecule has 0 aromatic heterocycles. The Balaban J connectivity index is 2.62. The molecule has 1 unspecified atom stereocenters. The van der Waals surface area contributed by atoms with Crippen LogP contribution in [0, 0.1) is 5.92 Å². The Morgan fingerprint density at radius 1 is 1.50 bits per heavy atom. The third-order valence-electron chi connectivity index (χ3n) is 2.93. The van der Waals surface area contributed by atoms with E-state index in [9.17, 15) is 0 Å². The Hall–Kier alpha value is -0.0831. The first-order chi connectivity index (χ1) is 5.71. The fourth-order valence-corrected chi connectivity index (χ4v) is 3.65. The summed E-state index contributed by atoms with van der Waals surface area (Å²) in [6.45, 7) is 9.39. The zero-order valence-electron chi connectivity index (χ0n) is 8.31. The van der Waals surface area contributed by atoms with Gasteiger partial charge in [0.2, 0.25) is 0 Å². The van der Waals surface area contributed by atoms with Gasteiger partial charge in [-0.3, -0.25) is 0 Å². The zero-order valence-corrected chi connectivity index (χ0v) is 9.72. The van der Waals surface area contributed by atoms with Gasteiger partial charge in [-0.2, -0.15) is 0 Å². The molecule has 0 aliphatic carbocycles. The largest absolute Gasteiger partial charge is 0.379 e. The first-order valence-corrected chi connectivity index (χ1v) is 6.48. The van der Waals surface area contributed by atoms with Crippen molar-refractivity contribution in [1.82, 2.24) is 0 Å². The van der Waals surface area contributed by atoms with Gasteiger partial charge in [0, 0.05) is 6.61 Å². The molecule has 0 N–H and O–H groups in total. The first-order valence-electron chi connectivity index (χ1n) is 4.96. The van der Waals surface area contributed by atoms with Gasteiger partial charge < -0.3 is 4.74 Å². The van der Waals surface area contributed by atoms with Crippen molar-refractivity contribution in [1.29, 1.82) is 0 Å². The quantitative estimate of drug-likeness (QED) is 0.608. The molecular formula is C10H20OSi. The van der Waals surface area contributed by atoms with E-state index in [1.165, 1.54) is 19.3 Å². The van der Waals surface area contributed by atoms with E-state index in [-0.39, 0.29) is 14.7 Å². The van der Waals surface area contributed by atoms with Gasteiger partial charge in [0.05, 0.1) is 14.7 Å². The van der Waals surface area contributed by atoms with E-state index in [0.717, 1.165) is 6.61 Å². The van der Waals surface area contributed by atoms with E-state index >= 15 is 0 Å². The number of rotatable bonds is 3. The predicted molar refractivity (Wildman–Crippen MR) is 56.1 cm³/mol. The molecule has 1 rings (SSSR count). The maximum Gasteiger partial charge on any atom is 0.0830 e. The van der Waals surface area contributed by atoms with Crippen molar-refractivity contribution in [2.45, 2.75) is 38.3 Å². The molecular weight excluding hydrogens is 164 g/mol. The van der Waals surface area contributed by atoms with Crippen molar-refractivity contribution in [2.24, 2.45) is 5.92 Å². The zero-order chi connectivity index (χ0) is 9.03. The smallest absolute Gasteiger partial charge is 0.0830 e. The van der Waals surface area contributed by atoms with Crippen molar-refractivity contribution in [3.63, 3.8) is 0 Å². The SMILES string of the molecule is C=C[SiH2]C1(C(C)C)CCCCO1. The van der Waals surface area contributed by atoms with E-state index in [1.54, 1.807) is 0 Å². The average Bonchev–Trinajstić information content (AvgIpc) is 2.06. The molecule has 1 fully saturated rings. The second-order valence-electron chi connectivity index (χ2n) is 4.02. The maximum absolute atomic E-state index is 5.96. The molecule has 70 valence electrons. The van der Waals surface area contributed by atoms with E-state index in [0.29, 0.717) is 5.92 Å². The minimum absolute atomic E-state index is 0.237. The van der Waals surface area contributed by atoms with E-state index < -0.39 is 0 Å². The Morgan fingerprint density at radius 2 is 2.25 bits per heavy atom. The van der Waals surface area contributed by atoms with Gasteiger partial charge in [-0.05, 0) is 25.2 Å². The highest BCUT2D eigenvalue weighted by atomic mass is 28.2. The first kappa shape index (κ1) is 10.0. The molecule has 1 aliphatic heterocycles. The molecule has 0 saturated carbocycles. The Morgan fingerprint density at radius 3 is 2.67 bits per heavy atom. The van der Waals surface area contributed by atoms with Crippen molar-refractivity contribution in [2.75, 3.05) is 6.61 Å². The van der Waals surface area contributed by atoms with Crippen molar-refractivity contribution >= 4 is 9.52 Å². The van der Waals surface area contributed by atoms with E-state index in [4.69, 9.17) is 4.74 Å². The Kier molecular flexibility index (Phi) is 3.53. The summed E-state index contributed by atoms with van der Waals surface area (Å²) in [5.74, 6) is 0.669. The van der Waals surface area contributed by atoms with Crippen LogP contribution in [-0.4, -0.2) is 21.4 Å². The van der Waals surface area contributed by atoms with Gasteiger partial charge in [0.1, 0.15) is 0 Å². The molecule has 0 amide bonds. The minimum atomic E-state index is -0.237. The second kappa shape index (κ2) is 4.24. The molecule has 0 spiro atoms. The molecule has 1 nitrogen and oxygen atoms in total. The van der Waals surface area contributed by atoms with Crippen LogP contribution in [0.4, 0.5) is 0 Å². The molecule has 1 atom stereocenters. The average molecular weight is 184 g/mol. The van der Waals surface area contributed by atoms with Gasteiger partial charge in [0.25, 0.3) is 0 Å². The summed E-state index contributed by atoms with van der Waals surface area (Å²) in [4.78, 5) is 0. The van der Waals surface area contributed by atoms with E-state index in [1.807, 2.05) is 0 Å². The fraction of sp³-hybridized carbons (Fsp3) is 0.800. The maximum atomic E-state index is 5.96. The third-order valence-corrected chi connectivity index (χ3v) is 5.28. The fourth-order valence-electron chi connectivity index (χ4n) is 1.97.